The van der Waals surface area contributed by atoms with Gasteiger partial charge >= 0.3 is 0 Å². The van der Waals surface area contributed by atoms with Gasteiger partial charge in [-0.1, -0.05) is 23.2 Å². The van der Waals surface area contributed by atoms with Crippen LogP contribution in [0.1, 0.15) is 10.5 Å². The number of pyridine rings is 1. The summed E-state index contributed by atoms with van der Waals surface area (Å²) < 4.78 is 0. The minimum atomic E-state index is -0.678. The van der Waals surface area contributed by atoms with E-state index in [9.17, 15) is 4.79 Å². The van der Waals surface area contributed by atoms with E-state index < -0.39 is 5.91 Å². The number of nitrogen functional groups attached to an aromatic ring is 1. The van der Waals surface area contributed by atoms with Crippen LogP contribution >= 0.6 is 23.2 Å². The molecule has 1 aromatic carbocycles. The summed E-state index contributed by atoms with van der Waals surface area (Å²) in [4.78, 5) is 15.3. The van der Waals surface area contributed by atoms with E-state index in [1.807, 2.05) is 0 Å². The number of anilines is 1. The zero-order valence-electron chi connectivity index (χ0n) is 9.15. The molecule has 0 saturated heterocycles. The zero-order chi connectivity index (χ0) is 13.3. The molecular weight excluding hydrogens is 273 g/mol. The summed E-state index contributed by atoms with van der Waals surface area (Å²) in [6.45, 7) is 0. The van der Waals surface area contributed by atoms with Crippen molar-refractivity contribution < 1.29 is 4.79 Å². The minimum absolute atomic E-state index is 0.0311. The molecule has 6 heteroatoms. The van der Waals surface area contributed by atoms with Gasteiger partial charge in [-0.3, -0.25) is 4.79 Å². The lowest BCUT2D eigenvalue weighted by atomic mass is 10.1. The first-order valence-electron chi connectivity index (χ1n) is 5.00. The molecule has 18 heavy (non-hydrogen) atoms. The second kappa shape index (κ2) is 4.84. The SMILES string of the molecule is NC(=O)c1nc(-c2cc(Cl)cc(Cl)c2)ccc1N. The number of rotatable bonds is 2. The summed E-state index contributed by atoms with van der Waals surface area (Å²) in [6.07, 6.45) is 0. The van der Waals surface area contributed by atoms with Gasteiger partial charge < -0.3 is 11.5 Å². The van der Waals surface area contributed by atoms with Gasteiger partial charge in [-0.15, -0.1) is 0 Å². The Morgan fingerprint density at radius 2 is 1.72 bits per heavy atom. The first-order chi connectivity index (χ1) is 8.47. The number of benzene rings is 1. The molecule has 1 aromatic heterocycles. The molecule has 0 unspecified atom stereocenters. The summed E-state index contributed by atoms with van der Waals surface area (Å²) >= 11 is 11.8. The fourth-order valence-corrected chi connectivity index (χ4v) is 2.06. The standard InChI is InChI=1S/C12H9Cl2N3O/c13-7-3-6(4-8(14)5-7)10-2-1-9(15)11(17-10)12(16)18/h1-5H,15H2,(H2,16,18). The molecule has 0 fully saturated rings. The van der Waals surface area contributed by atoms with Crippen LogP contribution in [0.4, 0.5) is 5.69 Å². The molecule has 0 saturated carbocycles. The van der Waals surface area contributed by atoms with Gasteiger partial charge in [0.2, 0.25) is 0 Å². The molecular formula is C12H9Cl2N3O. The second-order valence-electron chi connectivity index (χ2n) is 3.66. The zero-order valence-corrected chi connectivity index (χ0v) is 10.7. The number of carbonyl (C=O) groups is 1. The van der Waals surface area contributed by atoms with Gasteiger partial charge in [0.05, 0.1) is 11.4 Å². The normalized spacial score (nSPS) is 10.3. The van der Waals surface area contributed by atoms with Gasteiger partial charge in [0.25, 0.3) is 5.91 Å². The van der Waals surface area contributed by atoms with E-state index in [1.54, 1.807) is 30.3 Å². The molecule has 0 bridgehead atoms. The van der Waals surface area contributed by atoms with E-state index in [2.05, 4.69) is 4.98 Å². The first-order valence-corrected chi connectivity index (χ1v) is 5.76. The van der Waals surface area contributed by atoms with E-state index in [0.717, 1.165) is 0 Å². The van der Waals surface area contributed by atoms with Crippen molar-refractivity contribution >= 4 is 34.8 Å². The Kier molecular flexibility index (Phi) is 3.41. The summed E-state index contributed by atoms with van der Waals surface area (Å²) in [5.74, 6) is -0.678. The lowest BCUT2D eigenvalue weighted by Gasteiger charge is -2.06. The maximum absolute atomic E-state index is 11.2. The van der Waals surface area contributed by atoms with Crippen LogP contribution in [0.15, 0.2) is 30.3 Å². The molecule has 1 heterocycles. The maximum atomic E-state index is 11.2. The van der Waals surface area contributed by atoms with Crippen LogP contribution in [-0.2, 0) is 0 Å². The van der Waals surface area contributed by atoms with Crippen molar-refractivity contribution in [1.82, 2.24) is 4.98 Å². The molecule has 0 aliphatic heterocycles. The Bertz CT molecular complexity index is 608. The molecule has 0 atom stereocenters. The van der Waals surface area contributed by atoms with Crippen LogP contribution in [0.5, 0.6) is 0 Å². The Balaban J connectivity index is 2.57. The average Bonchev–Trinajstić information content (AvgIpc) is 2.27. The van der Waals surface area contributed by atoms with Gasteiger partial charge in [-0.05, 0) is 30.3 Å². The number of halogens is 2. The Hall–Kier alpha value is -1.78. The lowest BCUT2D eigenvalue weighted by Crippen LogP contribution is -2.15. The lowest BCUT2D eigenvalue weighted by molar-refractivity contribution is 0.0996. The van der Waals surface area contributed by atoms with Crippen molar-refractivity contribution in [3.63, 3.8) is 0 Å². The minimum Gasteiger partial charge on any atom is -0.397 e. The van der Waals surface area contributed by atoms with Gasteiger partial charge in [0, 0.05) is 15.6 Å². The fraction of sp³-hybridized carbons (Fsp3) is 0. The number of carbonyl (C=O) groups excluding carboxylic acids is 1. The fourth-order valence-electron chi connectivity index (χ4n) is 1.53. The molecule has 0 spiro atoms. The highest BCUT2D eigenvalue weighted by atomic mass is 35.5. The molecule has 0 radical (unpaired) electrons. The molecule has 0 aliphatic rings. The monoisotopic (exact) mass is 281 g/mol. The van der Waals surface area contributed by atoms with E-state index in [0.29, 0.717) is 21.3 Å². The summed E-state index contributed by atoms with van der Waals surface area (Å²) in [5, 5.41) is 0.966. The van der Waals surface area contributed by atoms with Crippen LogP contribution in [0.25, 0.3) is 11.3 Å². The van der Waals surface area contributed by atoms with E-state index in [1.165, 1.54) is 0 Å². The quantitative estimate of drug-likeness (QED) is 0.888. The number of aromatic nitrogens is 1. The second-order valence-corrected chi connectivity index (χ2v) is 4.53. The van der Waals surface area contributed by atoms with Gasteiger partial charge in [0.1, 0.15) is 0 Å². The van der Waals surface area contributed by atoms with Crippen LogP contribution in [-0.4, -0.2) is 10.9 Å². The third kappa shape index (κ3) is 2.55. The topological polar surface area (TPSA) is 82.0 Å². The predicted octanol–water partition coefficient (Wildman–Crippen LogP) is 2.74. The van der Waals surface area contributed by atoms with Crippen LogP contribution in [0, 0.1) is 0 Å². The predicted molar refractivity (Wildman–Crippen MR) is 72.6 cm³/mol. The largest absolute Gasteiger partial charge is 0.397 e. The Morgan fingerprint density at radius 3 is 2.28 bits per heavy atom. The third-order valence-corrected chi connectivity index (χ3v) is 2.75. The smallest absolute Gasteiger partial charge is 0.269 e. The number of primary amides is 1. The number of hydrogen-bond acceptors (Lipinski definition) is 3. The highest BCUT2D eigenvalue weighted by Crippen LogP contribution is 2.27. The van der Waals surface area contributed by atoms with Crippen LogP contribution in [0.3, 0.4) is 0 Å². The number of nitrogens with two attached hydrogens (primary N) is 2. The highest BCUT2D eigenvalue weighted by molar-refractivity contribution is 6.35. The summed E-state index contributed by atoms with van der Waals surface area (Å²) in [7, 11) is 0. The molecule has 4 N–H and O–H groups in total. The molecule has 2 rings (SSSR count). The van der Waals surface area contributed by atoms with Crippen molar-refractivity contribution in [2.45, 2.75) is 0 Å². The van der Waals surface area contributed by atoms with Crippen molar-refractivity contribution in [3.8, 4) is 11.3 Å². The van der Waals surface area contributed by atoms with Crippen molar-refractivity contribution in [2.24, 2.45) is 5.73 Å². The Morgan fingerprint density at radius 1 is 1.11 bits per heavy atom. The molecule has 1 amide bonds. The molecule has 2 aromatic rings. The third-order valence-electron chi connectivity index (χ3n) is 2.32. The highest BCUT2D eigenvalue weighted by Gasteiger charge is 2.10. The maximum Gasteiger partial charge on any atom is 0.269 e. The molecule has 4 nitrogen and oxygen atoms in total. The van der Waals surface area contributed by atoms with Crippen LogP contribution < -0.4 is 11.5 Å². The van der Waals surface area contributed by atoms with Gasteiger partial charge in [-0.2, -0.15) is 0 Å². The van der Waals surface area contributed by atoms with Gasteiger partial charge in [0.15, 0.2) is 5.69 Å². The molecule has 0 aliphatic carbocycles. The van der Waals surface area contributed by atoms with Crippen LogP contribution in [0.2, 0.25) is 10.0 Å². The summed E-state index contributed by atoms with van der Waals surface area (Å²) in [6, 6.07) is 8.23. The molecule has 92 valence electrons. The summed E-state index contributed by atoms with van der Waals surface area (Å²) in [5.41, 5.74) is 12.3. The average molecular weight is 282 g/mol. The van der Waals surface area contributed by atoms with E-state index in [4.69, 9.17) is 34.7 Å². The van der Waals surface area contributed by atoms with Crippen molar-refractivity contribution in [2.75, 3.05) is 5.73 Å². The van der Waals surface area contributed by atoms with E-state index in [-0.39, 0.29) is 11.4 Å². The van der Waals surface area contributed by atoms with E-state index >= 15 is 0 Å². The number of amides is 1. The number of hydrogen-bond donors (Lipinski definition) is 2. The number of nitrogens with zero attached hydrogens (tertiary/aromatic N) is 1. The Labute approximate surface area is 114 Å². The van der Waals surface area contributed by atoms with Crippen molar-refractivity contribution in [3.05, 3.63) is 46.1 Å². The van der Waals surface area contributed by atoms with Crippen molar-refractivity contribution in [1.29, 1.82) is 0 Å². The van der Waals surface area contributed by atoms with Gasteiger partial charge in [-0.25, -0.2) is 4.98 Å². The first kappa shape index (κ1) is 12.7.